The summed E-state index contributed by atoms with van der Waals surface area (Å²) in [5, 5.41) is 2.29. The number of halogens is 3. The van der Waals surface area contributed by atoms with Gasteiger partial charge in [0.25, 0.3) is 11.8 Å². The number of hydrogen-bond acceptors (Lipinski definition) is 6. The van der Waals surface area contributed by atoms with Gasteiger partial charge in [-0.05, 0) is 24.3 Å². The fourth-order valence-corrected chi connectivity index (χ4v) is 4.38. The van der Waals surface area contributed by atoms with Crippen LogP contribution in [0.15, 0.2) is 57.4 Å². The van der Waals surface area contributed by atoms with E-state index >= 15 is 0 Å². The molecule has 4 aromatic rings. The molecule has 0 atom stereocenters. The van der Waals surface area contributed by atoms with E-state index in [1.54, 1.807) is 18.2 Å². The molecule has 0 bridgehead atoms. The summed E-state index contributed by atoms with van der Waals surface area (Å²) in [4.78, 5) is 28.9. The molecular weight excluding hydrogens is 489 g/mol. The first-order valence-corrected chi connectivity index (χ1v) is 11.6. The zero-order valence-electron chi connectivity index (χ0n) is 19.6. The first-order chi connectivity index (χ1) is 17.8. The van der Waals surface area contributed by atoms with Crippen molar-refractivity contribution in [3.63, 3.8) is 0 Å². The van der Waals surface area contributed by atoms with E-state index in [-0.39, 0.29) is 22.7 Å². The Bertz CT molecular complexity index is 1470. The number of anilines is 1. The minimum atomic E-state index is -1.06. The van der Waals surface area contributed by atoms with Gasteiger partial charge in [0.1, 0.15) is 23.1 Å². The highest BCUT2D eigenvalue weighted by atomic mass is 19.1. The van der Waals surface area contributed by atoms with Crippen molar-refractivity contribution in [2.45, 2.75) is 13.1 Å². The summed E-state index contributed by atoms with van der Waals surface area (Å²) in [7, 11) is 0. The number of amides is 2. The fourth-order valence-electron chi connectivity index (χ4n) is 4.38. The van der Waals surface area contributed by atoms with Gasteiger partial charge in [-0.15, -0.1) is 0 Å². The van der Waals surface area contributed by atoms with Gasteiger partial charge in [-0.1, -0.05) is 18.2 Å². The molecule has 11 heteroatoms. The number of nitrogens with zero attached hydrogens (tertiary/aromatic N) is 2. The van der Waals surface area contributed by atoms with Crippen LogP contribution >= 0.6 is 0 Å². The number of furan rings is 2. The summed E-state index contributed by atoms with van der Waals surface area (Å²) in [5.41, 5.74) is 5.31. The number of carbonyl (C=O) groups excluding carboxylic acids is 2. The topological polar surface area (TPSA) is 105 Å². The lowest BCUT2D eigenvalue weighted by Gasteiger charge is -2.34. The van der Waals surface area contributed by atoms with Crippen molar-refractivity contribution in [3.8, 4) is 0 Å². The minimum Gasteiger partial charge on any atom is -0.455 e. The Kier molecular flexibility index (Phi) is 6.72. The number of carbonyl (C=O) groups is 2. The van der Waals surface area contributed by atoms with Crippen LogP contribution in [0.3, 0.4) is 0 Å². The third-order valence-corrected chi connectivity index (χ3v) is 6.25. The molecule has 1 fully saturated rings. The van der Waals surface area contributed by atoms with Crippen molar-refractivity contribution in [3.05, 3.63) is 88.8 Å². The lowest BCUT2D eigenvalue weighted by atomic mass is 10.2. The Hall–Kier alpha value is -4.09. The molecule has 8 nitrogen and oxygen atoms in total. The molecule has 0 aliphatic carbocycles. The van der Waals surface area contributed by atoms with Crippen LogP contribution in [0.4, 0.5) is 18.9 Å². The van der Waals surface area contributed by atoms with E-state index in [0.717, 1.165) is 32.2 Å². The molecule has 0 radical (unpaired) electrons. The van der Waals surface area contributed by atoms with Gasteiger partial charge >= 0.3 is 0 Å². The van der Waals surface area contributed by atoms with Crippen LogP contribution in [0.1, 0.15) is 32.4 Å². The molecule has 0 spiro atoms. The quantitative estimate of drug-likeness (QED) is 0.386. The van der Waals surface area contributed by atoms with Crippen LogP contribution in [0.2, 0.25) is 0 Å². The summed E-state index contributed by atoms with van der Waals surface area (Å²) in [6.07, 6.45) is 0. The second-order valence-electron chi connectivity index (χ2n) is 8.80. The second-order valence-corrected chi connectivity index (χ2v) is 8.80. The number of piperazine rings is 1. The first-order valence-electron chi connectivity index (χ1n) is 11.6. The number of benzene rings is 2. The summed E-state index contributed by atoms with van der Waals surface area (Å²) < 4.78 is 52.6. The third-order valence-electron chi connectivity index (χ3n) is 6.25. The molecule has 2 amide bonds. The number of nitrogens with one attached hydrogen (secondary N) is 1. The van der Waals surface area contributed by atoms with Crippen molar-refractivity contribution < 1.29 is 31.6 Å². The minimum absolute atomic E-state index is 0.0603. The molecule has 0 unspecified atom stereocenters. The molecule has 1 aliphatic rings. The summed E-state index contributed by atoms with van der Waals surface area (Å²) in [6.45, 7) is 3.96. The van der Waals surface area contributed by atoms with Crippen molar-refractivity contribution in [2.75, 3.05) is 31.5 Å². The standard InChI is InChI=1S/C26H23F3N4O4/c27-16-11-18-22(24(25(30)34)37-23(18)20(29)12-16)31-26(35)21-6-5-17(36-21)14-33-9-7-32(8-10-33)13-15-3-1-2-4-19(15)28/h1-6,11-12H,7-10,13-14H2,(H2,30,34)(H,31,35). The molecule has 3 N–H and O–H groups in total. The van der Waals surface area contributed by atoms with E-state index < -0.39 is 34.8 Å². The zero-order valence-corrected chi connectivity index (χ0v) is 19.6. The second kappa shape index (κ2) is 10.1. The largest absolute Gasteiger partial charge is 0.455 e. The Morgan fingerprint density at radius 2 is 1.59 bits per heavy atom. The van der Waals surface area contributed by atoms with Crippen LogP contribution in [0, 0.1) is 17.5 Å². The predicted octanol–water partition coefficient (Wildman–Crippen LogP) is 4.11. The molecule has 2 aromatic carbocycles. The van der Waals surface area contributed by atoms with E-state index in [2.05, 4.69) is 15.1 Å². The average Bonchev–Trinajstić information content (AvgIpc) is 3.47. The molecule has 5 rings (SSSR count). The van der Waals surface area contributed by atoms with Gasteiger partial charge in [0, 0.05) is 44.4 Å². The van der Waals surface area contributed by atoms with Crippen LogP contribution < -0.4 is 11.1 Å². The van der Waals surface area contributed by atoms with Gasteiger partial charge < -0.3 is 19.9 Å². The van der Waals surface area contributed by atoms with Gasteiger partial charge in [-0.2, -0.15) is 0 Å². The smallest absolute Gasteiger partial charge is 0.291 e. The highest BCUT2D eigenvalue weighted by Crippen LogP contribution is 2.33. The Labute approximate surface area is 209 Å². The molecule has 2 aromatic heterocycles. The number of nitrogens with two attached hydrogens (primary N) is 1. The number of hydrogen-bond donors (Lipinski definition) is 2. The summed E-state index contributed by atoms with van der Waals surface area (Å²) in [6, 6.07) is 11.4. The van der Waals surface area contributed by atoms with Gasteiger partial charge in [0.15, 0.2) is 17.2 Å². The van der Waals surface area contributed by atoms with Crippen molar-refractivity contribution in [2.24, 2.45) is 5.73 Å². The Balaban J connectivity index is 1.23. The first kappa shape index (κ1) is 24.6. The highest BCUT2D eigenvalue weighted by molar-refractivity contribution is 6.13. The lowest BCUT2D eigenvalue weighted by Crippen LogP contribution is -2.45. The third kappa shape index (κ3) is 5.23. The SMILES string of the molecule is NC(=O)c1oc2c(F)cc(F)cc2c1NC(=O)c1ccc(CN2CCN(Cc3ccccc3F)CC2)o1. The van der Waals surface area contributed by atoms with Gasteiger partial charge in [0.2, 0.25) is 5.76 Å². The van der Waals surface area contributed by atoms with E-state index in [1.807, 2.05) is 6.07 Å². The van der Waals surface area contributed by atoms with Crippen LogP contribution in [0.5, 0.6) is 0 Å². The van der Waals surface area contributed by atoms with Crippen molar-refractivity contribution >= 4 is 28.5 Å². The zero-order chi connectivity index (χ0) is 26.1. The van der Waals surface area contributed by atoms with Crippen LogP contribution in [-0.2, 0) is 13.1 Å². The van der Waals surface area contributed by atoms with Crippen molar-refractivity contribution in [1.29, 1.82) is 0 Å². The molecule has 1 aliphatic heterocycles. The molecule has 37 heavy (non-hydrogen) atoms. The van der Waals surface area contributed by atoms with E-state index in [4.69, 9.17) is 14.6 Å². The van der Waals surface area contributed by atoms with Gasteiger partial charge in [-0.3, -0.25) is 19.4 Å². The van der Waals surface area contributed by atoms with Crippen LogP contribution in [-0.4, -0.2) is 47.8 Å². The maximum atomic E-state index is 14.1. The number of primary amides is 1. The molecule has 0 saturated carbocycles. The summed E-state index contributed by atoms with van der Waals surface area (Å²) >= 11 is 0. The van der Waals surface area contributed by atoms with Gasteiger partial charge in [0.05, 0.1) is 11.9 Å². The van der Waals surface area contributed by atoms with E-state index in [9.17, 15) is 22.8 Å². The van der Waals surface area contributed by atoms with Gasteiger partial charge in [-0.25, -0.2) is 13.2 Å². The number of fused-ring (bicyclic) bond motifs is 1. The van der Waals surface area contributed by atoms with Crippen LogP contribution in [0.25, 0.3) is 11.0 Å². The number of rotatable bonds is 7. The molecule has 3 heterocycles. The highest BCUT2D eigenvalue weighted by Gasteiger charge is 2.25. The summed E-state index contributed by atoms with van der Waals surface area (Å²) in [5.74, 6) is -3.98. The van der Waals surface area contributed by atoms with E-state index in [1.165, 1.54) is 12.1 Å². The van der Waals surface area contributed by atoms with E-state index in [0.29, 0.717) is 30.5 Å². The lowest BCUT2D eigenvalue weighted by molar-refractivity contribution is 0.0976. The molecule has 192 valence electrons. The predicted molar refractivity (Wildman–Crippen MR) is 128 cm³/mol. The molecule has 1 saturated heterocycles. The Morgan fingerprint density at radius 1 is 0.892 bits per heavy atom. The van der Waals surface area contributed by atoms with Crippen molar-refractivity contribution in [1.82, 2.24) is 9.80 Å². The molecular formula is C26H23F3N4O4. The Morgan fingerprint density at radius 3 is 2.30 bits per heavy atom. The maximum Gasteiger partial charge on any atom is 0.291 e. The maximum absolute atomic E-state index is 14.1. The normalized spacial score (nSPS) is 14.8. The monoisotopic (exact) mass is 512 g/mol. The average molecular weight is 512 g/mol. The fraction of sp³-hybridized carbons (Fsp3) is 0.231.